The van der Waals surface area contributed by atoms with E-state index in [9.17, 15) is 4.21 Å². The van der Waals surface area contributed by atoms with Crippen LogP contribution in [0.1, 0.15) is 45.6 Å². The van der Waals surface area contributed by atoms with Crippen LogP contribution in [0, 0.1) is 0 Å². The molecule has 0 bridgehead atoms. The van der Waals surface area contributed by atoms with Crippen molar-refractivity contribution in [3.63, 3.8) is 0 Å². The topological polar surface area (TPSA) is 51.5 Å². The number of hydrogen-bond donors (Lipinski definition) is 1. The third-order valence-corrected chi connectivity index (χ3v) is 5.30. The second kappa shape index (κ2) is 6.41. The Morgan fingerprint density at radius 2 is 2.05 bits per heavy atom. The van der Waals surface area contributed by atoms with Crippen molar-refractivity contribution in [3.8, 4) is 0 Å². The van der Waals surface area contributed by atoms with Gasteiger partial charge in [-0.05, 0) is 46.2 Å². The fourth-order valence-corrected chi connectivity index (χ4v) is 3.77. The van der Waals surface area contributed by atoms with E-state index in [-0.39, 0.29) is 16.9 Å². The molecule has 0 amide bonds. The van der Waals surface area contributed by atoms with Crippen LogP contribution in [0.5, 0.6) is 0 Å². The van der Waals surface area contributed by atoms with Crippen molar-refractivity contribution >= 4 is 10.8 Å². The van der Waals surface area contributed by atoms with Gasteiger partial charge in [0.25, 0.3) is 0 Å². The molecule has 3 unspecified atom stereocenters. The van der Waals surface area contributed by atoms with E-state index >= 15 is 0 Å². The van der Waals surface area contributed by atoms with Crippen molar-refractivity contribution in [2.24, 2.45) is 0 Å². The Labute approximate surface area is 123 Å². The minimum Gasteiger partial charge on any atom is -0.464 e. The predicted octanol–water partition coefficient (Wildman–Crippen LogP) is 2.59. The zero-order valence-corrected chi connectivity index (χ0v) is 13.6. The molecular formula is C15H25NO3S. The first-order valence-corrected chi connectivity index (χ1v) is 8.55. The minimum absolute atomic E-state index is 0.0619. The van der Waals surface area contributed by atoms with E-state index in [0.717, 1.165) is 24.5 Å². The molecule has 4 nitrogen and oxygen atoms in total. The lowest BCUT2D eigenvalue weighted by Gasteiger charge is -2.19. The molecule has 1 aliphatic heterocycles. The Bertz CT molecular complexity index is 464. The summed E-state index contributed by atoms with van der Waals surface area (Å²) in [5.74, 6) is 2.17. The fraction of sp³-hybridized carbons (Fsp3) is 0.733. The molecule has 0 aromatic carbocycles. The second-order valence-corrected chi connectivity index (χ2v) is 8.06. The van der Waals surface area contributed by atoms with Crippen LogP contribution in [-0.2, 0) is 27.8 Å². The molecule has 20 heavy (non-hydrogen) atoms. The van der Waals surface area contributed by atoms with E-state index in [2.05, 4.69) is 26.1 Å². The maximum atomic E-state index is 12.3. The highest BCUT2D eigenvalue weighted by molar-refractivity contribution is 7.84. The molecule has 3 atom stereocenters. The third-order valence-electron chi connectivity index (χ3n) is 3.44. The normalized spacial score (nSPS) is 25.0. The van der Waals surface area contributed by atoms with Crippen molar-refractivity contribution < 1.29 is 13.4 Å². The predicted molar refractivity (Wildman–Crippen MR) is 81.0 cm³/mol. The molecule has 1 N–H and O–H groups in total. The van der Waals surface area contributed by atoms with Crippen LogP contribution in [0.25, 0.3) is 0 Å². The Morgan fingerprint density at radius 1 is 1.35 bits per heavy atom. The van der Waals surface area contributed by atoms with Crippen LogP contribution in [0.4, 0.5) is 0 Å². The van der Waals surface area contributed by atoms with Gasteiger partial charge in [0.05, 0.1) is 23.7 Å². The molecule has 1 saturated heterocycles. The third kappa shape index (κ3) is 4.43. The number of hydrogen-bond acceptors (Lipinski definition) is 4. The van der Waals surface area contributed by atoms with Crippen molar-refractivity contribution in [2.45, 2.75) is 63.3 Å². The van der Waals surface area contributed by atoms with Gasteiger partial charge in [0.1, 0.15) is 11.5 Å². The van der Waals surface area contributed by atoms with Crippen molar-refractivity contribution in [1.29, 1.82) is 0 Å². The van der Waals surface area contributed by atoms with Crippen LogP contribution in [0.15, 0.2) is 16.5 Å². The first-order valence-electron chi connectivity index (χ1n) is 7.16. The molecule has 0 spiro atoms. The van der Waals surface area contributed by atoms with Gasteiger partial charge in [0.2, 0.25) is 0 Å². The Morgan fingerprint density at radius 3 is 2.65 bits per heavy atom. The molecule has 114 valence electrons. The van der Waals surface area contributed by atoms with E-state index < -0.39 is 10.8 Å². The van der Waals surface area contributed by atoms with E-state index in [1.165, 1.54) is 0 Å². The molecule has 1 fully saturated rings. The first-order chi connectivity index (χ1) is 9.35. The van der Waals surface area contributed by atoms with Crippen LogP contribution < -0.4 is 5.32 Å². The average Bonchev–Trinajstić information content (AvgIpc) is 2.94. The molecule has 2 heterocycles. The van der Waals surface area contributed by atoms with E-state index in [0.29, 0.717) is 12.3 Å². The summed E-state index contributed by atoms with van der Waals surface area (Å²) in [5, 5.41) is 3.51. The van der Waals surface area contributed by atoms with Gasteiger partial charge in [-0.2, -0.15) is 0 Å². The van der Waals surface area contributed by atoms with Gasteiger partial charge in [-0.1, -0.05) is 0 Å². The summed E-state index contributed by atoms with van der Waals surface area (Å²) in [5.41, 5.74) is 0.0619. The van der Waals surface area contributed by atoms with Crippen LogP contribution >= 0.6 is 0 Å². The van der Waals surface area contributed by atoms with Crippen molar-refractivity contribution in [3.05, 3.63) is 23.7 Å². The monoisotopic (exact) mass is 299 g/mol. The number of nitrogens with one attached hydrogen (secondary N) is 1. The van der Waals surface area contributed by atoms with Gasteiger partial charge in [0, 0.05) is 22.9 Å². The summed E-state index contributed by atoms with van der Waals surface area (Å²) in [7, 11) is -0.923. The van der Waals surface area contributed by atoms with Crippen LogP contribution in [0.2, 0.25) is 0 Å². The Balaban J connectivity index is 1.87. The molecule has 0 aliphatic carbocycles. The average molecular weight is 299 g/mol. The Hall–Kier alpha value is -0.650. The van der Waals surface area contributed by atoms with Gasteiger partial charge < -0.3 is 14.5 Å². The highest BCUT2D eigenvalue weighted by atomic mass is 32.2. The summed E-state index contributed by atoms with van der Waals surface area (Å²) < 4.78 is 23.5. The highest BCUT2D eigenvalue weighted by Crippen LogP contribution is 2.22. The van der Waals surface area contributed by atoms with Crippen molar-refractivity contribution in [2.75, 3.05) is 6.61 Å². The molecule has 5 heteroatoms. The fourth-order valence-electron chi connectivity index (χ4n) is 2.25. The maximum absolute atomic E-state index is 12.3. The summed E-state index contributed by atoms with van der Waals surface area (Å²) >= 11 is 0. The molecule has 2 rings (SSSR count). The lowest BCUT2D eigenvalue weighted by atomic mass is 10.1. The highest BCUT2D eigenvalue weighted by Gasteiger charge is 2.30. The SMILES string of the molecule is CC1OCCC1S(=O)Cc1ccc(CNC(C)(C)C)o1. The lowest BCUT2D eigenvalue weighted by Crippen LogP contribution is -2.34. The molecule has 0 radical (unpaired) electrons. The van der Waals surface area contributed by atoms with Gasteiger partial charge in [-0.25, -0.2) is 0 Å². The zero-order chi connectivity index (χ0) is 14.8. The maximum Gasteiger partial charge on any atom is 0.118 e. The first kappa shape index (κ1) is 15.7. The van der Waals surface area contributed by atoms with Crippen molar-refractivity contribution in [1.82, 2.24) is 5.32 Å². The molecular weight excluding hydrogens is 274 g/mol. The number of rotatable bonds is 5. The lowest BCUT2D eigenvalue weighted by molar-refractivity contribution is 0.127. The summed E-state index contributed by atoms with van der Waals surface area (Å²) in [6.45, 7) is 9.76. The van der Waals surface area contributed by atoms with Gasteiger partial charge in [-0.3, -0.25) is 4.21 Å². The second-order valence-electron chi connectivity index (χ2n) is 6.40. The van der Waals surface area contributed by atoms with E-state index in [4.69, 9.17) is 9.15 Å². The van der Waals surface area contributed by atoms with Crippen LogP contribution in [0.3, 0.4) is 0 Å². The van der Waals surface area contributed by atoms with E-state index in [1.807, 2.05) is 19.1 Å². The molecule has 1 aromatic heterocycles. The van der Waals surface area contributed by atoms with Gasteiger partial charge in [0.15, 0.2) is 0 Å². The van der Waals surface area contributed by atoms with E-state index in [1.54, 1.807) is 0 Å². The molecule has 0 saturated carbocycles. The summed E-state index contributed by atoms with van der Waals surface area (Å²) in [4.78, 5) is 0. The smallest absolute Gasteiger partial charge is 0.118 e. The largest absolute Gasteiger partial charge is 0.464 e. The number of ether oxygens (including phenoxy) is 1. The summed E-state index contributed by atoms with van der Waals surface area (Å²) in [6, 6.07) is 3.89. The molecule has 1 aromatic rings. The molecule has 1 aliphatic rings. The Kier molecular flexibility index (Phi) is 5.04. The van der Waals surface area contributed by atoms with Gasteiger partial charge in [-0.15, -0.1) is 0 Å². The van der Waals surface area contributed by atoms with Crippen LogP contribution in [-0.4, -0.2) is 27.7 Å². The number of furan rings is 1. The standard InChI is InChI=1S/C15H25NO3S/c1-11-14(7-8-18-11)20(17)10-13-6-5-12(19-13)9-16-15(2,3)4/h5-6,11,14,16H,7-10H2,1-4H3. The quantitative estimate of drug-likeness (QED) is 0.908. The summed E-state index contributed by atoms with van der Waals surface area (Å²) in [6.07, 6.45) is 0.972. The minimum atomic E-state index is -0.923. The van der Waals surface area contributed by atoms with Gasteiger partial charge >= 0.3 is 0 Å². The zero-order valence-electron chi connectivity index (χ0n) is 12.8.